The van der Waals surface area contributed by atoms with Crippen molar-refractivity contribution in [2.45, 2.75) is 32.1 Å². The van der Waals surface area contributed by atoms with E-state index in [2.05, 4.69) is 9.97 Å². The van der Waals surface area contributed by atoms with Gasteiger partial charge in [0.15, 0.2) is 5.69 Å². The number of hydrogen-bond donors (Lipinski definition) is 0. The zero-order valence-corrected chi connectivity index (χ0v) is 14.4. The van der Waals surface area contributed by atoms with Gasteiger partial charge in [0.25, 0.3) is 11.8 Å². The van der Waals surface area contributed by atoms with Crippen LogP contribution < -0.4 is 9.47 Å². The highest BCUT2D eigenvalue weighted by molar-refractivity contribution is 5.95. The molecule has 0 aromatic carbocycles. The minimum absolute atomic E-state index is 0.0430. The Bertz CT molecular complexity index is 704. The largest absolute Gasteiger partial charge is 0.483 e. The molecule has 3 aliphatic rings. The van der Waals surface area contributed by atoms with Gasteiger partial charge in [-0.05, 0) is 19.3 Å². The normalized spacial score (nSPS) is 20.2. The maximum Gasteiger partial charge on any atom is 0.276 e. The quantitative estimate of drug-likeness (QED) is 0.788. The predicted molar refractivity (Wildman–Crippen MR) is 87.8 cm³/mol. The first-order valence-corrected chi connectivity index (χ1v) is 8.86. The van der Waals surface area contributed by atoms with Crippen LogP contribution in [0.4, 0.5) is 0 Å². The van der Waals surface area contributed by atoms with Gasteiger partial charge in [0, 0.05) is 39.0 Å². The first kappa shape index (κ1) is 16.1. The van der Waals surface area contributed by atoms with E-state index in [0.717, 1.165) is 19.3 Å². The van der Waals surface area contributed by atoms with Crippen molar-refractivity contribution in [1.82, 2.24) is 19.8 Å². The summed E-state index contributed by atoms with van der Waals surface area (Å²) in [5.41, 5.74) is 0.294. The summed E-state index contributed by atoms with van der Waals surface area (Å²) >= 11 is 0. The highest BCUT2D eigenvalue weighted by Gasteiger charge is 2.34. The van der Waals surface area contributed by atoms with Crippen molar-refractivity contribution in [3.8, 4) is 11.6 Å². The molecule has 0 N–H and O–H groups in total. The van der Waals surface area contributed by atoms with Gasteiger partial charge in [-0.15, -0.1) is 0 Å². The second kappa shape index (κ2) is 6.50. The van der Waals surface area contributed by atoms with Crippen molar-refractivity contribution in [1.29, 1.82) is 0 Å². The molecule has 1 aromatic rings. The molecule has 1 aliphatic carbocycles. The van der Waals surface area contributed by atoms with Gasteiger partial charge in [-0.2, -0.15) is 4.98 Å². The third kappa shape index (κ3) is 3.25. The van der Waals surface area contributed by atoms with Crippen LogP contribution in [0.25, 0.3) is 0 Å². The van der Waals surface area contributed by atoms with Gasteiger partial charge >= 0.3 is 0 Å². The van der Waals surface area contributed by atoms with E-state index in [4.69, 9.17) is 9.47 Å². The molecule has 134 valence electrons. The maximum absolute atomic E-state index is 13.1. The first-order chi connectivity index (χ1) is 12.1. The monoisotopic (exact) mass is 346 g/mol. The number of rotatable bonds is 2. The number of nitrogens with zero attached hydrogens (tertiary/aromatic N) is 4. The van der Waals surface area contributed by atoms with Crippen molar-refractivity contribution < 1.29 is 19.1 Å². The molecule has 2 fully saturated rings. The molecular formula is C17H22N4O4. The molecule has 0 radical (unpaired) electrons. The van der Waals surface area contributed by atoms with E-state index in [1.807, 2.05) is 0 Å². The molecule has 0 bridgehead atoms. The number of aromatic nitrogens is 2. The van der Waals surface area contributed by atoms with Crippen molar-refractivity contribution in [2.75, 3.05) is 39.4 Å². The summed E-state index contributed by atoms with van der Waals surface area (Å²) < 4.78 is 11.2. The molecule has 25 heavy (non-hydrogen) atoms. The van der Waals surface area contributed by atoms with Crippen molar-refractivity contribution in [2.24, 2.45) is 0 Å². The van der Waals surface area contributed by atoms with Crippen LogP contribution in [0.2, 0.25) is 0 Å². The summed E-state index contributed by atoms with van der Waals surface area (Å²) in [6.07, 6.45) is 2.85. The highest BCUT2D eigenvalue weighted by Crippen LogP contribution is 2.41. The molecule has 1 saturated carbocycles. The van der Waals surface area contributed by atoms with Crippen molar-refractivity contribution in [3.05, 3.63) is 11.5 Å². The lowest BCUT2D eigenvalue weighted by atomic mass is 10.2. The summed E-state index contributed by atoms with van der Waals surface area (Å²) in [5, 5.41) is 0. The third-order valence-corrected chi connectivity index (χ3v) is 4.79. The van der Waals surface area contributed by atoms with E-state index in [9.17, 15) is 9.59 Å². The predicted octanol–water partition coefficient (Wildman–Crippen LogP) is 0.820. The lowest BCUT2D eigenvalue weighted by Crippen LogP contribution is -2.37. The molecule has 8 heteroatoms. The number of hydrogen-bond acceptors (Lipinski definition) is 6. The van der Waals surface area contributed by atoms with Crippen LogP contribution in [0.3, 0.4) is 0 Å². The minimum atomic E-state index is -0.170. The summed E-state index contributed by atoms with van der Waals surface area (Å²) in [4.78, 5) is 37.2. The average molecular weight is 346 g/mol. The zero-order chi connectivity index (χ0) is 17.4. The van der Waals surface area contributed by atoms with Crippen LogP contribution in [-0.2, 0) is 4.79 Å². The maximum atomic E-state index is 13.1. The molecule has 1 saturated heterocycles. The molecule has 0 spiro atoms. The Morgan fingerprint density at radius 2 is 1.72 bits per heavy atom. The average Bonchev–Trinajstić information content (AvgIpc) is 3.46. The fraction of sp³-hybridized carbons (Fsp3) is 0.647. The smallest absolute Gasteiger partial charge is 0.276 e. The fourth-order valence-electron chi connectivity index (χ4n) is 3.21. The molecule has 4 rings (SSSR count). The SMILES string of the molecule is CC(=O)N1CCCN(C(=O)c2nc(C3CC3)nc3c2OCCO3)CC1. The molecule has 1 aromatic heterocycles. The number of fused-ring (bicyclic) bond motifs is 1. The van der Waals surface area contributed by atoms with Crippen molar-refractivity contribution in [3.63, 3.8) is 0 Å². The van der Waals surface area contributed by atoms with Crippen LogP contribution >= 0.6 is 0 Å². The van der Waals surface area contributed by atoms with Gasteiger partial charge < -0.3 is 19.3 Å². The molecule has 8 nitrogen and oxygen atoms in total. The Kier molecular flexibility index (Phi) is 4.19. The summed E-state index contributed by atoms with van der Waals surface area (Å²) in [6, 6.07) is 0. The van der Waals surface area contributed by atoms with E-state index in [1.165, 1.54) is 0 Å². The molecule has 3 heterocycles. The van der Waals surface area contributed by atoms with Gasteiger partial charge in [0.2, 0.25) is 11.7 Å². The van der Waals surface area contributed by atoms with E-state index >= 15 is 0 Å². The molecule has 0 atom stereocenters. The summed E-state index contributed by atoms with van der Waals surface area (Å²) in [7, 11) is 0. The molecule has 2 aliphatic heterocycles. The van der Waals surface area contributed by atoms with Gasteiger partial charge in [-0.1, -0.05) is 0 Å². The number of amides is 2. The van der Waals surface area contributed by atoms with Gasteiger partial charge in [0.1, 0.15) is 19.0 Å². The lowest BCUT2D eigenvalue weighted by molar-refractivity contribution is -0.128. The third-order valence-electron chi connectivity index (χ3n) is 4.79. The van der Waals surface area contributed by atoms with Crippen molar-refractivity contribution >= 4 is 11.8 Å². The van der Waals surface area contributed by atoms with Gasteiger partial charge in [-0.25, -0.2) is 4.98 Å². The van der Waals surface area contributed by atoms with Crippen LogP contribution in [-0.4, -0.2) is 71.0 Å². The molecule has 0 unspecified atom stereocenters. The van der Waals surface area contributed by atoms with E-state index in [0.29, 0.717) is 68.5 Å². The minimum Gasteiger partial charge on any atom is -0.483 e. The lowest BCUT2D eigenvalue weighted by Gasteiger charge is -2.24. The Hall–Kier alpha value is -2.38. The summed E-state index contributed by atoms with van der Waals surface area (Å²) in [6.45, 7) is 4.69. The van der Waals surface area contributed by atoms with Crippen LogP contribution in [0, 0.1) is 0 Å². The van der Waals surface area contributed by atoms with Gasteiger partial charge in [0.05, 0.1) is 0 Å². The van der Waals surface area contributed by atoms with E-state index < -0.39 is 0 Å². The molecule has 2 amide bonds. The topological polar surface area (TPSA) is 84.9 Å². The van der Waals surface area contributed by atoms with Crippen LogP contribution in [0.15, 0.2) is 0 Å². The number of carbonyl (C=O) groups is 2. The molecular weight excluding hydrogens is 324 g/mol. The van der Waals surface area contributed by atoms with Crippen LogP contribution in [0.5, 0.6) is 11.6 Å². The zero-order valence-electron chi connectivity index (χ0n) is 14.4. The fourth-order valence-corrected chi connectivity index (χ4v) is 3.21. The first-order valence-electron chi connectivity index (χ1n) is 8.86. The Morgan fingerprint density at radius 3 is 2.48 bits per heavy atom. The standard InChI is InChI=1S/C17H22N4O4/c1-11(22)20-5-2-6-21(8-7-20)17(23)13-14-16(25-10-9-24-14)19-15(18-13)12-3-4-12/h12H,2-10H2,1H3. The van der Waals surface area contributed by atoms with E-state index in [1.54, 1.807) is 16.7 Å². The summed E-state index contributed by atoms with van der Waals surface area (Å²) in [5.74, 6) is 1.60. The van der Waals surface area contributed by atoms with Gasteiger partial charge in [-0.3, -0.25) is 9.59 Å². The Balaban J connectivity index is 1.60. The Morgan fingerprint density at radius 1 is 1.00 bits per heavy atom. The number of carbonyl (C=O) groups excluding carboxylic acids is 2. The second-order valence-electron chi connectivity index (χ2n) is 6.69. The second-order valence-corrected chi connectivity index (χ2v) is 6.69. The Labute approximate surface area is 146 Å². The highest BCUT2D eigenvalue weighted by atomic mass is 16.6. The van der Waals surface area contributed by atoms with E-state index in [-0.39, 0.29) is 11.8 Å². The number of ether oxygens (including phenoxy) is 2. The van der Waals surface area contributed by atoms with Crippen LogP contribution in [0.1, 0.15) is 48.4 Å².